The molecule has 2 aromatic heterocycles. The van der Waals surface area contributed by atoms with Crippen molar-refractivity contribution in [3.8, 4) is 11.4 Å². The van der Waals surface area contributed by atoms with E-state index in [1.54, 1.807) is 12.3 Å². The quantitative estimate of drug-likeness (QED) is 0.816. The number of hydrogen-bond donors (Lipinski definition) is 2. The topological polar surface area (TPSA) is 86.9 Å². The van der Waals surface area contributed by atoms with E-state index in [2.05, 4.69) is 25.1 Å². The smallest absolute Gasteiger partial charge is 0.248 e. The van der Waals surface area contributed by atoms with E-state index in [0.29, 0.717) is 18.4 Å². The van der Waals surface area contributed by atoms with E-state index in [1.165, 1.54) is 6.07 Å². The molecule has 1 fully saturated rings. The Bertz CT molecular complexity index is 620. The zero-order valence-electron chi connectivity index (χ0n) is 10.6. The first kappa shape index (κ1) is 11.9. The molecule has 1 unspecified atom stereocenters. The maximum atomic E-state index is 11.3. The molecule has 0 radical (unpaired) electrons. The molecule has 0 amide bonds. The third-order valence-electron chi connectivity index (χ3n) is 3.05. The average Bonchev–Trinajstić information content (AvgIpc) is 2.88. The minimum Gasteiger partial charge on any atom is -0.375 e. The summed E-state index contributed by atoms with van der Waals surface area (Å²) in [5.74, 6) is 1.24. The zero-order chi connectivity index (χ0) is 13.2. The molecule has 1 aliphatic rings. The van der Waals surface area contributed by atoms with Crippen LogP contribution in [0.25, 0.3) is 11.4 Å². The van der Waals surface area contributed by atoms with Crippen molar-refractivity contribution in [3.05, 3.63) is 28.7 Å². The molecule has 0 aromatic carbocycles. The summed E-state index contributed by atoms with van der Waals surface area (Å²) in [7, 11) is 0. The van der Waals surface area contributed by atoms with Crippen LogP contribution in [0.15, 0.2) is 23.1 Å². The van der Waals surface area contributed by atoms with Crippen molar-refractivity contribution < 1.29 is 4.74 Å². The Hall–Kier alpha value is -2.15. The van der Waals surface area contributed by atoms with Gasteiger partial charge in [-0.3, -0.25) is 9.89 Å². The van der Waals surface area contributed by atoms with E-state index in [1.807, 2.05) is 6.92 Å². The van der Waals surface area contributed by atoms with Crippen LogP contribution < -0.4 is 10.5 Å². The highest BCUT2D eigenvalue weighted by molar-refractivity contribution is 5.55. The first-order chi connectivity index (χ1) is 9.22. The monoisotopic (exact) mass is 261 g/mol. The van der Waals surface area contributed by atoms with E-state index in [9.17, 15) is 4.79 Å². The Labute approximate surface area is 109 Å². The molecule has 100 valence electrons. The van der Waals surface area contributed by atoms with Gasteiger partial charge in [-0.05, 0) is 13.0 Å². The molecule has 3 rings (SSSR count). The Morgan fingerprint density at radius 1 is 1.53 bits per heavy atom. The minimum absolute atomic E-state index is 0.157. The van der Waals surface area contributed by atoms with Crippen molar-refractivity contribution in [2.24, 2.45) is 0 Å². The summed E-state index contributed by atoms with van der Waals surface area (Å²) in [6.07, 6.45) is 1.77. The molecule has 1 atom stereocenters. The summed E-state index contributed by atoms with van der Waals surface area (Å²) >= 11 is 0. The van der Waals surface area contributed by atoms with Crippen LogP contribution >= 0.6 is 0 Å². The maximum Gasteiger partial charge on any atom is 0.248 e. The summed E-state index contributed by atoms with van der Waals surface area (Å²) in [4.78, 5) is 20.3. The summed E-state index contributed by atoms with van der Waals surface area (Å²) in [5, 5.41) is 7.07. The highest BCUT2D eigenvalue weighted by atomic mass is 16.5. The molecule has 7 nitrogen and oxygen atoms in total. The van der Waals surface area contributed by atoms with Crippen molar-refractivity contribution in [2.75, 3.05) is 24.6 Å². The zero-order valence-corrected chi connectivity index (χ0v) is 10.6. The predicted molar refractivity (Wildman–Crippen MR) is 70.1 cm³/mol. The number of aromatic amines is 2. The average molecular weight is 261 g/mol. The number of nitrogens with one attached hydrogen (secondary N) is 2. The maximum absolute atomic E-state index is 11.3. The highest BCUT2D eigenvalue weighted by Crippen LogP contribution is 2.17. The van der Waals surface area contributed by atoms with Gasteiger partial charge in [-0.25, -0.2) is 0 Å². The Morgan fingerprint density at radius 2 is 2.42 bits per heavy atom. The van der Waals surface area contributed by atoms with Gasteiger partial charge in [0.2, 0.25) is 11.5 Å². The van der Waals surface area contributed by atoms with Gasteiger partial charge < -0.3 is 14.6 Å². The van der Waals surface area contributed by atoms with Gasteiger partial charge in [0.15, 0.2) is 5.82 Å². The molecule has 1 aliphatic heterocycles. The summed E-state index contributed by atoms with van der Waals surface area (Å²) in [6, 6.07) is 3.28. The molecule has 0 spiro atoms. The molecule has 3 heterocycles. The number of pyridine rings is 1. The standard InChI is InChI=1S/C12H15N5O2/c1-8-7-17(4-5-19-8)12-14-11(15-16-12)9-2-3-13-10(18)6-9/h2-3,6,8H,4-5,7H2,1H3,(H,13,18)(H,14,15,16). The first-order valence-corrected chi connectivity index (χ1v) is 6.20. The second-order valence-electron chi connectivity index (χ2n) is 4.55. The summed E-state index contributed by atoms with van der Waals surface area (Å²) in [6.45, 7) is 4.25. The summed E-state index contributed by atoms with van der Waals surface area (Å²) < 4.78 is 5.48. The van der Waals surface area contributed by atoms with Crippen LogP contribution in [0.2, 0.25) is 0 Å². The van der Waals surface area contributed by atoms with Gasteiger partial charge in [0.1, 0.15) is 0 Å². The number of ether oxygens (including phenoxy) is 1. The van der Waals surface area contributed by atoms with E-state index >= 15 is 0 Å². The van der Waals surface area contributed by atoms with Crippen LogP contribution in [0, 0.1) is 0 Å². The van der Waals surface area contributed by atoms with Gasteiger partial charge in [0.25, 0.3) is 0 Å². The third kappa shape index (κ3) is 2.50. The fraction of sp³-hybridized carbons (Fsp3) is 0.417. The molecule has 0 aliphatic carbocycles. The molecule has 2 aromatic rings. The molecular weight excluding hydrogens is 246 g/mol. The number of anilines is 1. The van der Waals surface area contributed by atoms with Crippen molar-refractivity contribution in [1.82, 2.24) is 20.2 Å². The van der Waals surface area contributed by atoms with Crippen LogP contribution in [-0.2, 0) is 4.74 Å². The first-order valence-electron chi connectivity index (χ1n) is 6.20. The third-order valence-corrected chi connectivity index (χ3v) is 3.05. The fourth-order valence-electron chi connectivity index (χ4n) is 2.12. The molecule has 0 saturated carbocycles. The lowest BCUT2D eigenvalue weighted by atomic mass is 10.2. The van der Waals surface area contributed by atoms with Crippen molar-refractivity contribution in [3.63, 3.8) is 0 Å². The largest absolute Gasteiger partial charge is 0.375 e. The molecular formula is C12H15N5O2. The lowest BCUT2D eigenvalue weighted by Gasteiger charge is -2.30. The second-order valence-corrected chi connectivity index (χ2v) is 4.55. The number of morpholine rings is 1. The van der Waals surface area contributed by atoms with Crippen LogP contribution in [0.5, 0.6) is 0 Å². The second kappa shape index (κ2) is 4.85. The molecule has 1 saturated heterocycles. The Kier molecular flexibility index (Phi) is 3.04. The van der Waals surface area contributed by atoms with Gasteiger partial charge in [-0.1, -0.05) is 0 Å². The van der Waals surface area contributed by atoms with E-state index in [4.69, 9.17) is 4.74 Å². The Balaban J connectivity index is 1.85. The minimum atomic E-state index is -0.157. The highest BCUT2D eigenvalue weighted by Gasteiger charge is 2.20. The van der Waals surface area contributed by atoms with Crippen LogP contribution in [0.4, 0.5) is 5.95 Å². The van der Waals surface area contributed by atoms with Crippen molar-refractivity contribution in [1.29, 1.82) is 0 Å². The lowest BCUT2D eigenvalue weighted by Crippen LogP contribution is -2.41. The van der Waals surface area contributed by atoms with Gasteiger partial charge in [0, 0.05) is 30.9 Å². The normalized spacial score (nSPS) is 19.6. The molecule has 7 heteroatoms. The van der Waals surface area contributed by atoms with Crippen LogP contribution in [0.3, 0.4) is 0 Å². The summed E-state index contributed by atoms with van der Waals surface area (Å²) in [5.41, 5.74) is 0.569. The van der Waals surface area contributed by atoms with E-state index < -0.39 is 0 Å². The number of aromatic nitrogens is 4. The SMILES string of the molecule is CC1CN(c2n[nH]c(-c3cc[nH]c(=O)c3)n2)CCO1. The molecule has 0 bridgehead atoms. The Morgan fingerprint density at radius 3 is 3.21 bits per heavy atom. The van der Waals surface area contributed by atoms with Gasteiger partial charge in [-0.15, -0.1) is 5.10 Å². The van der Waals surface area contributed by atoms with E-state index in [-0.39, 0.29) is 11.7 Å². The number of H-pyrrole nitrogens is 2. The van der Waals surface area contributed by atoms with Crippen LogP contribution in [-0.4, -0.2) is 46.0 Å². The number of nitrogens with zero attached hydrogens (tertiary/aromatic N) is 3. The number of rotatable bonds is 2. The molecule has 2 N–H and O–H groups in total. The van der Waals surface area contributed by atoms with Crippen LogP contribution in [0.1, 0.15) is 6.92 Å². The number of hydrogen-bond acceptors (Lipinski definition) is 5. The van der Waals surface area contributed by atoms with Gasteiger partial charge in [-0.2, -0.15) is 4.98 Å². The van der Waals surface area contributed by atoms with Gasteiger partial charge in [0.05, 0.1) is 12.7 Å². The fourth-order valence-corrected chi connectivity index (χ4v) is 2.12. The predicted octanol–water partition coefficient (Wildman–Crippen LogP) is 0.385. The lowest BCUT2D eigenvalue weighted by molar-refractivity contribution is 0.0526. The molecule has 19 heavy (non-hydrogen) atoms. The van der Waals surface area contributed by atoms with Gasteiger partial charge >= 0.3 is 0 Å². The van der Waals surface area contributed by atoms with Crippen molar-refractivity contribution >= 4 is 5.95 Å². The van der Waals surface area contributed by atoms with Crippen molar-refractivity contribution in [2.45, 2.75) is 13.0 Å². The van der Waals surface area contributed by atoms with E-state index in [0.717, 1.165) is 18.7 Å².